The van der Waals surface area contributed by atoms with Crippen LogP contribution in [-0.4, -0.2) is 95.9 Å². The maximum atomic E-state index is 13.0. The highest BCUT2D eigenvalue weighted by Crippen LogP contribution is 2.45. The molecule has 0 rings (SSSR count). The Morgan fingerprint density at radius 3 is 0.861 bits per heavy atom. The quantitative estimate of drug-likeness (QED) is 0.0146. The van der Waals surface area contributed by atoms with Crippen molar-refractivity contribution in [3.63, 3.8) is 0 Å². The molecule has 0 saturated carbocycles. The lowest BCUT2D eigenvalue weighted by Gasteiger charge is -2.21. The minimum absolute atomic E-state index is 0.0923. The van der Waals surface area contributed by atoms with Crippen molar-refractivity contribution in [3.8, 4) is 0 Å². The van der Waals surface area contributed by atoms with Crippen LogP contribution in [0.2, 0.25) is 0 Å². The van der Waals surface area contributed by atoms with Gasteiger partial charge in [-0.2, -0.15) is 0 Å². The average molecular weight is 1460 g/mol. The smallest absolute Gasteiger partial charge is 0.463 e. The summed E-state index contributed by atoms with van der Waals surface area (Å²) in [4.78, 5) is 58.6. The first kappa shape index (κ1) is 97.2. The number of hydrogen-bond donors (Lipinski definition) is 4. The number of phosphoric acid groups is 2. The Balaban J connectivity index is 4.47. The van der Waals surface area contributed by atoms with E-state index in [1.807, 2.05) is 0 Å². The number of unbranched alkanes of at least 4 members (excludes halogenated alkanes) is 35. The summed E-state index contributed by atoms with van der Waals surface area (Å²) >= 11 is 0. The zero-order valence-corrected chi connectivity index (χ0v) is 65.6. The Morgan fingerprint density at radius 2 is 0.525 bits per heavy atom. The molecule has 0 spiro atoms. The molecule has 0 fully saturated rings. The summed E-state index contributed by atoms with van der Waals surface area (Å²) in [5, 5.41) is 20.6. The highest BCUT2D eigenvalue weighted by molar-refractivity contribution is 7.47. The van der Waals surface area contributed by atoms with Gasteiger partial charge < -0.3 is 34.2 Å². The number of ether oxygens (including phenoxy) is 3. The van der Waals surface area contributed by atoms with Crippen LogP contribution in [-0.2, 0) is 55.8 Å². The van der Waals surface area contributed by atoms with Crippen molar-refractivity contribution in [2.45, 2.75) is 360 Å². The van der Waals surface area contributed by atoms with E-state index in [0.29, 0.717) is 19.3 Å². The van der Waals surface area contributed by atoms with E-state index in [4.69, 9.17) is 32.3 Å². The maximum Gasteiger partial charge on any atom is 0.472 e. The number of rotatable bonds is 76. The van der Waals surface area contributed by atoms with E-state index < -0.39 is 91.5 Å². The van der Waals surface area contributed by atoms with Crippen LogP contribution in [0.4, 0.5) is 0 Å². The van der Waals surface area contributed by atoms with E-state index in [1.54, 1.807) is 0 Å². The summed E-state index contributed by atoms with van der Waals surface area (Å²) in [6, 6.07) is 0. The van der Waals surface area contributed by atoms with E-state index in [1.165, 1.54) is 135 Å². The zero-order valence-electron chi connectivity index (χ0n) is 63.8. The van der Waals surface area contributed by atoms with Gasteiger partial charge >= 0.3 is 33.6 Å². The molecule has 5 atom stereocenters. The molecule has 0 aliphatic rings. The van der Waals surface area contributed by atoms with E-state index in [-0.39, 0.29) is 19.3 Å². The first-order chi connectivity index (χ1) is 49.2. The van der Waals surface area contributed by atoms with Gasteiger partial charge in [0, 0.05) is 19.3 Å². The van der Waals surface area contributed by atoms with Gasteiger partial charge in [-0.3, -0.25) is 32.5 Å². The van der Waals surface area contributed by atoms with Gasteiger partial charge in [0.25, 0.3) is 0 Å². The molecule has 0 aromatic rings. The highest BCUT2D eigenvalue weighted by atomic mass is 31.2. The monoisotopic (exact) mass is 1460 g/mol. The highest BCUT2D eigenvalue weighted by Gasteiger charge is 2.29. The molecule has 0 radical (unpaired) electrons. The fourth-order valence-electron chi connectivity index (χ4n) is 10.8. The van der Waals surface area contributed by atoms with E-state index in [9.17, 15) is 43.5 Å². The summed E-state index contributed by atoms with van der Waals surface area (Å²) in [7, 11) is -9.79. The maximum absolute atomic E-state index is 13.0. The zero-order chi connectivity index (χ0) is 73.7. The fourth-order valence-corrected chi connectivity index (χ4v) is 12.4. The van der Waals surface area contributed by atoms with Crippen LogP contribution >= 0.6 is 15.6 Å². The van der Waals surface area contributed by atoms with Crippen LogP contribution in [0.5, 0.6) is 0 Å². The second kappa shape index (κ2) is 75.9. The largest absolute Gasteiger partial charge is 0.472 e. The molecule has 0 amide bonds. The van der Waals surface area contributed by atoms with Crippen molar-refractivity contribution < 1.29 is 75.8 Å². The molecule has 0 heterocycles. The molecule has 101 heavy (non-hydrogen) atoms. The van der Waals surface area contributed by atoms with E-state index >= 15 is 0 Å². The minimum Gasteiger partial charge on any atom is -0.463 e. The van der Waals surface area contributed by atoms with Crippen LogP contribution in [0.3, 0.4) is 0 Å². The third-order valence-corrected chi connectivity index (χ3v) is 18.9. The Labute approximate surface area is 615 Å². The van der Waals surface area contributed by atoms with Gasteiger partial charge in [0.1, 0.15) is 25.4 Å². The van der Waals surface area contributed by atoms with Crippen LogP contribution in [0, 0.1) is 0 Å². The second-order valence-electron chi connectivity index (χ2n) is 26.8. The van der Waals surface area contributed by atoms with Crippen molar-refractivity contribution in [1.29, 1.82) is 0 Å². The standard InChI is InChI=1S/C83H146O16P2/c1-4-7-10-13-16-19-22-25-28-30-32-33-34-35-36-37-38-39-40-41-42-43-45-47-49-51-54-57-60-63-66-69-81(86)93-72-78(84)73-95-100(89,90)96-74-79(85)75-97-101(91,92)98-77-80(99-83(88)71-68-65-62-59-56-53-48-27-24-21-18-15-12-9-6-3)76-94-82(87)70-67-64-61-58-55-52-50-46-44-31-29-26-23-20-17-14-11-8-5-2/h7,10,16-17,19-20,25-29,32-33,35-36,44,46,48,78-80,84-85H,4-6,8-9,11-15,18,21-24,30-31,34,37-43,45,47,49-77H2,1-3H3,(H,89,90)(H,91,92)/b10-7-,19-16-,20-17-,28-25-,29-26-,33-32-,36-35-,46-44-,48-27-. The number of aliphatic hydroxyl groups is 2. The van der Waals surface area contributed by atoms with Gasteiger partial charge in [-0.05, 0) is 128 Å². The first-order valence-corrected chi connectivity index (χ1v) is 43.2. The lowest BCUT2D eigenvalue weighted by atomic mass is 10.0. The molecule has 0 aromatic heterocycles. The summed E-state index contributed by atoms with van der Waals surface area (Å²) in [5.41, 5.74) is 0. The molecule has 0 aliphatic carbocycles. The van der Waals surface area contributed by atoms with Crippen LogP contribution in [0.25, 0.3) is 0 Å². The second-order valence-corrected chi connectivity index (χ2v) is 29.7. The van der Waals surface area contributed by atoms with Crippen LogP contribution in [0.15, 0.2) is 109 Å². The predicted octanol–water partition coefficient (Wildman–Crippen LogP) is 23.5. The predicted molar refractivity (Wildman–Crippen MR) is 417 cm³/mol. The Morgan fingerprint density at radius 1 is 0.287 bits per heavy atom. The SMILES string of the molecule is CC/C=C\C/C=C\C/C=C\C/C=C\C/C=C\CCCCCCCCCCCCCCCCCC(=O)OCC(O)COP(=O)(O)OCC(O)COP(=O)(O)OCC(COC(=O)CCCCCCCC/C=C\C/C=C\C/C=C\CCCCC)OC(=O)CCCCCCC/C=C\CCCCCCCC. The number of phosphoric ester groups is 2. The first-order valence-electron chi connectivity index (χ1n) is 40.2. The van der Waals surface area contributed by atoms with Crippen molar-refractivity contribution in [1.82, 2.24) is 0 Å². The molecule has 5 unspecified atom stereocenters. The molecule has 18 heteroatoms. The lowest BCUT2D eigenvalue weighted by molar-refractivity contribution is -0.161. The molecule has 4 N–H and O–H groups in total. The van der Waals surface area contributed by atoms with Gasteiger partial charge in [-0.25, -0.2) is 9.13 Å². The van der Waals surface area contributed by atoms with Crippen LogP contribution < -0.4 is 0 Å². The molecule has 0 aromatic carbocycles. The third kappa shape index (κ3) is 77.1. The number of allylic oxidation sites excluding steroid dienone is 18. The molecular formula is C83H146O16P2. The summed E-state index contributed by atoms with van der Waals surface area (Å²) < 4.78 is 61.1. The van der Waals surface area contributed by atoms with Crippen molar-refractivity contribution in [2.75, 3.05) is 39.6 Å². The Kier molecular flexibility index (Phi) is 73.0. The van der Waals surface area contributed by atoms with E-state index in [2.05, 4.69) is 130 Å². The number of esters is 3. The summed E-state index contributed by atoms with van der Waals surface area (Å²) in [6.07, 6.45) is 88.5. The van der Waals surface area contributed by atoms with Crippen LogP contribution in [0.1, 0.15) is 342 Å². The van der Waals surface area contributed by atoms with Crippen molar-refractivity contribution in [3.05, 3.63) is 109 Å². The molecular weight excluding hydrogens is 1310 g/mol. The van der Waals surface area contributed by atoms with E-state index in [0.717, 1.165) is 148 Å². The number of carbonyl (C=O) groups is 3. The molecule has 584 valence electrons. The molecule has 0 aliphatic heterocycles. The number of carbonyl (C=O) groups excluding carboxylic acids is 3. The number of aliphatic hydroxyl groups excluding tert-OH is 2. The van der Waals surface area contributed by atoms with Gasteiger partial charge in [-0.1, -0.05) is 304 Å². The average Bonchev–Trinajstić information content (AvgIpc) is 0.980. The summed E-state index contributed by atoms with van der Waals surface area (Å²) in [6.45, 7) is 2.54. The molecule has 16 nitrogen and oxygen atoms in total. The molecule has 0 saturated heterocycles. The topological polar surface area (TPSA) is 231 Å². The third-order valence-electron chi connectivity index (χ3n) is 17.0. The van der Waals surface area contributed by atoms with Gasteiger partial charge in [0.05, 0.1) is 26.4 Å². The fraction of sp³-hybridized carbons (Fsp3) is 0.747. The summed E-state index contributed by atoms with van der Waals surface area (Å²) in [5.74, 6) is -1.59. The number of hydrogen-bond acceptors (Lipinski definition) is 14. The lowest BCUT2D eigenvalue weighted by Crippen LogP contribution is -2.30. The minimum atomic E-state index is -4.93. The van der Waals surface area contributed by atoms with Gasteiger partial charge in [0.2, 0.25) is 0 Å². The Hall–Kier alpha value is -3.79. The Bertz CT molecular complexity index is 2270. The van der Waals surface area contributed by atoms with Crippen molar-refractivity contribution in [2.24, 2.45) is 0 Å². The normalized spacial score (nSPS) is 14.6. The molecule has 0 bridgehead atoms. The van der Waals surface area contributed by atoms with Crippen molar-refractivity contribution >= 4 is 33.6 Å². The van der Waals surface area contributed by atoms with Gasteiger partial charge in [0.15, 0.2) is 6.10 Å². The van der Waals surface area contributed by atoms with Gasteiger partial charge in [-0.15, -0.1) is 0 Å².